The molecule has 0 aromatic heterocycles. The lowest BCUT2D eigenvalue weighted by molar-refractivity contribution is -0.359. The van der Waals surface area contributed by atoms with Crippen molar-refractivity contribution in [2.75, 3.05) is 19.8 Å². The number of carbonyl (C=O) groups excluding carboxylic acids is 1. The number of nitrogens with one attached hydrogen (secondary N) is 1. The average Bonchev–Trinajstić information content (AvgIpc) is 3.39. The summed E-state index contributed by atoms with van der Waals surface area (Å²) in [7, 11) is 0. The Morgan fingerprint density at radius 2 is 0.959 bits per heavy atom. The molecule has 0 aromatic rings. The van der Waals surface area contributed by atoms with Crippen molar-refractivity contribution in [1.29, 1.82) is 0 Å². The predicted octanol–water partition coefficient (Wildman–Crippen LogP) is 8.94. The molecule has 0 bridgehead atoms. The SMILES string of the molecule is CC/C=C\C/C=C\C/C=C\C/C=C\C/C=C\CCCCCCCCCCCCCC(=O)NC(COC1OC(CO)C(OC2OC(CO)C(O)C(O)C2O)C(O)C1O)C(O)/C=C/CC/C=C/CCCCCCCC. The third-order valence-electron chi connectivity index (χ3n) is 13.3. The van der Waals surface area contributed by atoms with Gasteiger partial charge >= 0.3 is 0 Å². The summed E-state index contributed by atoms with van der Waals surface area (Å²) >= 11 is 0. The minimum absolute atomic E-state index is 0.258. The van der Waals surface area contributed by atoms with E-state index in [1.165, 1.54) is 83.5 Å². The van der Waals surface area contributed by atoms with Gasteiger partial charge in [-0.2, -0.15) is 0 Å². The van der Waals surface area contributed by atoms with Crippen molar-refractivity contribution < 1.29 is 64.6 Å². The number of amides is 1. The maximum Gasteiger partial charge on any atom is 0.220 e. The lowest BCUT2D eigenvalue weighted by Gasteiger charge is -2.46. The first-order chi connectivity index (χ1) is 35.6. The first kappa shape index (κ1) is 66.3. The Morgan fingerprint density at radius 1 is 0.507 bits per heavy atom. The van der Waals surface area contributed by atoms with Crippen LogP contribution in [0.5, 0.6) is 0 Å². The largest absolute Gasteiger partial charge is 0.394 e. The minimum atomic E-state index is -1.79. The van der Waals surface area contributed by atoms with Crippen LogP contribution in [0.3, 0.4) is 0 Å². The maximum absolute atomic E-state index is 13.2. The fraction of sp³-hybridized carbons (Fsp3) is 0.746. The van der Waals surface area contributed by atoms with E-state index in [4.69, 9.17) is 18.9 Å². The van der Waals surface area contributed by atoms with Crippen LogP contribution in [0.4, 0.5) is 0 Å². The van der Waals surface area contributed by atoms with Crippen molar-refractivity contribution in [2.45, 2.75) is 261 Å². The van der Waals surface area contributed by atoms with Crippen molar-refractivity contribution in [3.05, 3.63) is 85.1 Å². The summed E-state index contributed by atoms with van der Waals surface area (Å²) in [5.41, 5.74) is 0. The number of unbranched alkanes of at least 4 members (excludes halogenated alkanes) is 18. The van der Waals surface area contributed by atoms with Crippen LogP contribution in [-0.2, 0) is 23.7 Å². The van der Waals surface area contributed by atoms with Gasteiger partial charge in [-0.15, -0.1) is 0 Å². The molecular weight excluding hydrogens is 931 g/mol. The maximum atomic E-state index is 13.2. The Labute approximate surface area is 440 Å². The number of rotatable bonds is 43. The molecule has 0 aliphatic carbocycles. The van der Waals surface area contributed by atoms with Gasteiger partial charge in [-0.05, 0) is 77.0 Å². The van der Waals surface area contributed by atoms with Gasteiger partial charge in [-0.1, -0.05) is 189 Å². The highest BCUT2D eigenvalue weighted by molar-refractivity contribution is 5.76. The quantitative estimate of drug-likeness (QED) is 0.0206. The lowest BCUT2D eigenvalue weighted by atomic mass is 9.97. The molecule has 2 fully saturated rings. The molecule has 0 spiro atoms. The number of hydrogen-bond donors (Lipinski definition) is 9. The second-order valence-electron chi connectivity index (χ2n) is 19.7. The zero-order valence-corrected chi connectivity index (χ0v) is 44.8. The molecule has 2 aliphatic heterocycles. The molecule has 1 amide bonds. The smallest absolute Gasteiger partial charge is 0.220 e. The Bertz CT molecular complexity index is 1550. The van der Waals surface area contributed by atoms with Gasteiger partial charge in [0.05, 0.1) is 32.0 Å². The normalized spacial score (nSPS) is 26.1. The van der Waals surface area contributed by atoms with E-state index in [1.54, 1.807) is 6.08 Å². The molecule has 14 heteroatoms. The average molecular weight is 1030 g/mol. The molecule has 0 saturated carbocycles. The first-order valence-electron chi connectivity index (χ1n) is 28.3. The van der Waals surface area contributed by atoms with Crippen LogP contribution in [0.2, 0.25) is 0 Å². The number of carbonyl (C=O) groups is 1. The Hall–Kier alpha value is -2.83. The van der Waals surface area contributed by atoms with E-state index in [-0.39, 0.29) is 18.9 Å². The lowest BCUT2D eigenvalue weighted by Crippen LogP contribution is -2.65. The highest BCUT2D eigenvalue weighted by Crippen LogP contribution is 2.30. The summed E-state index contributed by atoms with van der Waals surface area (Å²) in [6.45, 7) is 2.62. The van der Waals surface area contributed by atoms with Crippen molar-refractivity contribution in [1.82, 2.24) is 5.32 Å². The van der Waals surface area contributed by atoms with Gasteiger partial charge in [-0.25, -0.2) is 0 Å². The second-order valence-corrected chi connectivity index (χ2v) is 19.7. The third kappa shape index (κ3) is 30.5. The van der Waals surface area contributed by atoms with E-state index in [0.717, 1.165) is 70.6 Å². The highest BCUT2D eigenvalue weighted by Gasteiger charge is 2.51. The number of ether oxygens (including phenoxy) is 4. The monoisotopic (exact) mass is 1030 g/mol. The zero-order valence-electron chi connectivity index (χ0n) is 44.8. The minimum Gasteiger partial charge on any atom is -0.394 e. The van der Waals surface area contributed by atoms with Crippen molar-refractivity contribution >= 4 is 5.91 Å². The molecule has 2 saturated heterocycles. The van der Waals surface area contributed by atoms with Crippen LogP contribution in [-0.4, -0.2) is 140 Å². The Kier molecular flexibility index (Phi) is 40.2. The summed E-state index contributed by atoms with van der Waals surface area (Å²) in [5, 5.41) is 86.8. The van der Waals surface area contributed by atoms with Crippen LogP contribution >= 0.6 is 0 Å². The molecule has 2 rings (SSSR count). The summed E-state index contributed by atoms with van der Waals surface area (Å²) in [6, 6.07) is -0.936. The highest BCUT2D eigenvalue weighted by atomic mass is 16.7. The standard InChI is InChI=1S/C59H101NO13/c1-3-5-7-9-11-13-15-17-18-19-20-21-22-23-24-25-26-27-28-29-30-31-33-35-37-39-41-43-51(64)60-47(48(63)42-40-38-36-34-32-16-14-12-10-8-6-4-2)46-70-58-56(69)54(67)57(50(45-62)72-58)73-59-55(68)53(66)52(65)49(44-61)71-59/h5,7,11,13,17-18,20-21,23-24,32,34,40,42,47-50,52-59,61-63,65-69H,3-4,6,8-10,12,14-16,19,22,25-31,33,35-39,41,43-46H2,1-2H3,(H,60,64)/b7-5-,13-11-,18-17-,21-20-,24-23-,34-32+,42-40+. The van der Waals surface area contributed by atoms with Gasteiger partial charge in [0.15, 0.2) is 12.6 Å². The van der Waals surface area contributed by atoms with Crippen molar-refractivity contribution in [3.63, 3.8) is 0 Å². The van der Waals surface area contributed by atoms with E-state index >= 15 is 0 Å². The summed E-state index contributed by atoms with van der Waals surface area (Å²) < 4.78 is 22.7. The van der Waals surface area contributed by atoms with Crippen LogP contribution in [0.15, 0.2) is 85.1 Å². The van der Waals surface area contributed by atoms with Gasteiger partial charge in [-0.3, -0.25) is 4.79 Å². The van der Waals surface area contributed by atoms with Crippen LogP contribution in [0.25, 0.3) is 0 Å². The molecule has 2 aliphatic rings. The Balaban J connectivity index is 1.73. The Morgan fingerprint density at radius 3 is 1.51 bits per heavy atom. The zero-order chi connectivity index (χ0) is 53.2. The predicted molar refractivity (Wildman–Crippen MR) is 290 cm³/mol. The molecule has 420 valence electrons. The van der Waals surface area contributed by atoms with Gasteiger partial charge < -0.3 is 65.1 Å². The number of hydrogen-bond acceptors (Lipinski definition) is 13. The molecule has 12 unspecified atom stereocenters. The molecule has 73 heavy (non-hydrogen) atoms. The van der Waals surface area contributed by atoms with Gasteiger partial charge in [0.25, 0.3) is 0 Å². The summed E-state index contributed by atoms with van der Waals surface area (Å²) in [4.78, 5) is 13.2. The fourth-order valence-electron chi connectivity index (χ4n) is 8.74. The molecule has 14 nitrogen and oxygen atoms in total. The van der Waals surface area contributed by atoms with Gasteiger partial charge in [0.1, 0.15) is 48.8 Å². The van der Waals surface area contributed by atoms with Crippen molar-refractivity contribution in [3.8, 4) is 0 Å². The number of aliphatic hydroxyl groups is 8. The van der Waals surface area contributed by atoms with Crippen LogP contribution in [0.1, 0.15) is 187 Å². The van der Waals surface area contributed by atoms with E-state index in [2.05, 4.69) is 92.1 Å². The van der Waals surface area contributed by atoms with E-state index < -0.39 is 86.8 Å². The van der Waals surface area contributed by atoms with E-state index in [9.17, 15) is 45.6 Å². The van der Waals surface area contributed by atoms with Gasteiger partial charge in [0, 0.05) is 6.42 Å². The second kappa shape index (κ2) is 44.3. The topological polar surface area (TPSA) is 228 Å². The molecule has 12 atom stereocenters. The molecular formula is C59H101NO13. The third-order valence-corrected chi connectivity index (χ3v) is 13.3. The number of aliphatic hydroxyl groups excluding tert-OH is 8. The molecule has 2 heterocycles. The summed E-state index contributed by atoms with van der Waals surface area (Å²) in [5.74, 6) is -0.258. The molecule has 0 radical (unpaired) electrons. The van der Waals surface area contributed by atoms with Crippen molar-refractivity contribution in [2.24, 2.45) is 0 Å². The summed E-state index contributed by atoms with van der Waals surface area (Å²) in [6.07, 6.45) is 42.0. The van der Waals surface area contributed by atoms with E-state index in [0.29, 0.717) is 12.8 Å². The van der Waals surface area contributed by atoms with Gasteiger partial charge in [0.2, 0.25) is 5.91 Å². The number of allylic oxidation sites excluding steroid dienone is 13. The molecule has 9 N–H and O–H groups in total. The molecule has 0 aromatic carbocycles. The fourth-order valence-corrected chi connectivity index (χ4v) is 8.74. The van der Waals surface area contributed by atoms with Crippen LogP contribution in [0, 0.1) is 0 Å². The van der Waals surface area contributed by atoms with Crippen LogP contribution < -0.4 is 5.32 Å². The first-order valence-corrected chi connectivity index (χ1v) is 28.3. The van der Waals surface area contributed by atoms with E-state index in [1.807, 2.05) is 6.08 Å².